The number of methoxy groups -OCH3 is 2. The molecule has 0 saturated carbocycles. The predicted molar refractivity (Wildman–Crippen MR) is 63.4 cm³/mol. The molecule has 0 fully saturated rings. The van der Waals surface area contributed by atoms with E-state index >= 15 is 0 Å². The third kappa shape index (κ3) is 2.10. The third-order valence-corrected chi connectivity index (χ3v) is 2.41. The van der Waals surface area contributed by atoms with Crippen LogP contribution in [0.3, 0.4) is 0 Å². The molecule has 0 aliphatic carbocycles. The summed E-state index contributed by atoms with van der Waals surface area (Å²) in [5.41, 5.74) is 6.28. The first kappa shape index (κ1) is 11.9. The van der Waals surface area contributed by atoms with Crippen molar-refractivity contribution in [3.8, 4) is 22.8 Å². The Morgan fingerprint density at radius 1 is 1.17 bits per heavy atom. The fourth-order valence-electron chi connectivity index (χ4n) is 1.55. The molecule has 0 aliphatic rings. The van der Waals surface area contributed by atoms with Crippen molar-refractivity contribution in [1.29, 1.82) is 0 Å². The van der Waals surface area contributed by atoms with Crippen molar-refractivity contribution in [2.75, 3.05) is 14.2 Å². The zero-order valence-corrected chi connectivity index (χ0v) is 9.93. The van der Waals surface area contributed by atoms with Crippen LogP contribution in [0.1, 0.15) is 10.5 Å². The van der Waals surface area contributed by atoms with Gasteiger partial charge in [0.15, 0.2) is 5.69 Å². The van der Waals surface area contributed by atoms with Gasteiger partial charge >= 0.3 is 0 Å². The van der Waals surface area contributed by atoms with Crippen molar-refractivity contribution in [2.24, 2.45) is 5.73 Å². The number of carbonyl (C=O) groups excluding carboxylic acids is 1. The smallest absolute Gasteiger partial charge is 0.271 e. The molecule has 3 N–H and O–H groups in total. The summed E-state index contributed by atoms with van der Waals surface area (Å²) >= 11 is 0. The number of nitrogens with two attached hydrogens (primary N) is 1. The summed E-state index contributed by atoms with van der Waals surface area (Å²) in [6.45, 7) is 0. The van der Waals surface area contributed by atoms with Gasteiger partial charge in [-0.2, -0.15) is 15.4 Å². The van der Waals surface area contributed by atoms with Crippen LogP contribution in [0.4, 0.5) is 0 Å². The van der Waals surface area contributed by atoms with Gasteiger partial charge in [-0.1, -0.05) is 0 Å². The highest BCUT2D eigenvalue weighted by molar-refractivity contribution is 5.96. The lowest BCUT2D eigenvalue weighted by molar-refractivity contribution is 0.0996. The molecule has 7 heteroatoms. The minimum absolute atomic E-state index is 0.0744. The van der Waals surface area contributed by atoms with Crippen molar-refractivity contribution in [1.82, 2.24) is 15.4 Å². The third-order valence-electron chi connectivity index (χ3n) is 2.41. The lowest BCUT2D eigenvalue weighted by atomic mass is 10.1. The van der Waals surface area contributed by atoms with E-state index in [2.05, 4.69) is 15.4 Å². The highest BCUT2D eigenvalue weighted by atomic mass is 16.5. The quantitative estimate of drug-likeness (QED) is 0.824. The van der Waals surface area contributed by atoms with Crippen molar-refractivity contribution in [3.05, 3.63) is 23.9 Å². The summed E-state index contributed by atoms with van der Waals surface area (Å²) in [5.74, 6) is 0.520. The maximum atomic E-state index is 11.2. The molecular formula is C11H12N4O3. The van der Waals surface area contributed by atoms with Gasteiger partial charge in [-0.25, -0.2) is 0 Å². The Labute approximate surface area is 103 Å². The molecule has 1 heterocycles. The molecule has 1 amide bonds. The number of aromatic nitrogens is 3. The predicted octanol–water partition coefficient (Wildman–Crippen LogP) is 0.588. The molecule has 0 radical (unpaired) electrons. The van der Waals surface area contributed by atoms with Crippen LogP contribution in [0.15, 0.2) is 18.2 Å². The van der Waals surface area contributed by atoms with Crippen molar-refractivity contribution in [3.63, 3.8) is 0 Å². The molecule has 0 unspecified atom stereocenters. The number of nitrogens with zero attached hydrogens (tertiary/aromatic N) is 2. The number of amides is 1. The first-order chi connectivity index (χ1) is 8.65. The van der Waals surface area contributed by atoms with Crippen LogP contribution < -0.4 is 15.2 Å². The molecule has 1 aromatic carbocycles. The topological polar surface area (TPSA) is 103 Å². The maximum Gasteiger partial charge on any atom is 0.271 e. The molecule has 1 aromatic heterocycles. The van der Waals surface area contributed by atoms with Crippen LogP contribution in [0.5, 0.6) is 11.5 Å². The summed E-state index contributed by atoms with van der Waals surface area (Å²) in [5, 5.41) is 9.99. The number of hydrogen-bond acceptors (Lipinski definition) is 5. The Morgan fingerprint density at radius 3 is 2.28 bits per heavy atom. The SMILES string of the molecule is COc1cc(OC)cc(-c2n[nH]nc2C(N)=O)c1. The largest absolute Gasteiger partial charge is 0.497 e. The zero-order chi connectivity index (χ0) is 13.1. The molecule has 18 heavy (non-hydrogen) atoms. The van der Waals surface area contributed by atoms with Gasteiger partial charge in [0.2, 0.25) is 0 Å². The van der Waals surface area contributed by atoms with E-state index in [0.29, 0.717) is 22.8 Å². The lowest BCUT2D eigenvalue weighted by Crippen LogP contribution is -2.12. The van der Waals surface area contributed by atoms with E-state index in [-0.39, 0.29) is 5.69 Å². The van der Waals surface area contributed by atoms with E-state index in [9.17, 15) is 4.79 Å². The summed E-state index contributed by atoms with van der Waals surface area (Å²) < 4.78 is 10.3. The number of H-pyrrole nitrogens is 1. The van der Waals surface area contributed by atoms with Gasteiger partial charge in [-0.05, 0) is 12.1 Å². The van der Waals surface area contributed by atoms with Crippen LogP contribution in [-0.4, -0.2) is 35.5 Å². The van der Waals surface area contributed by atoms with Crippen molar-refractivity contribution < 1.29 is 14.3 Å². The molecule has 0 aliphatic heterocycles. The minimum atomic E-state index is -0.652. The average Bonchev–Trinajstić information content (AvgIpc) is 2.87. The first-order valence-corrected chi connectivity index (χ1v) is 5.09. The average molecular weight is 248 g/mol. The van der Waals surface area contributed by atoms with E-state index in [1.165, 1.54) is 14.2 Å². The van der Waals surface area contributed by atoms with E-state index in [1.807, 2.05) is 0 Å². The van der Waals surface area contributed by atoms with Gasteiger partial charge in [-0.3, -0.25) is 4.79 Å². The van der Waals surface area contributed by atoms with Crippen LogP contribution in [0, 0.1) is 0 Å². The fourth-order valence-corrected chi connectivity index (χ4v) is 1.55. The normalized spacial score (nSPS) is 10.1. The Balaban J connectivity index is 2.55. The van der Waals surface area contributed by atoms with Gasteiger partial charge in [-0.15, -0.1) is 0 Å². The monoisotopic (exact) mass is 248 g/mol. The molecule has 7 nitrogen and oxygen atoms in total. The molecule has 0 spiro atoms. The number of hydrogen-bond donors (Lipinski definition) is 2. The first-order valence-electron chi connectivity index (χ1n) is 5.09. The number of carbonyl (C=O) groups is 1. The maximum absolute atomic E-state index is 11.2. The molecule has 0 atom stereocenters. The second-order valence-electron chi connectivity index (χ2n) is 3.49. The summed E-state index contributed by atoms with van der Waals surface area (Å²) in [6, 6.07) is 5.15. The highest BCUT2D eigenvalue weighted by Crippen LogP contribution is 2.29. The lowest BCUT2D eigenvalue weighted by Gasteiger charge is -2.07. The van der Waals surface area contributed by atoms with E-state index in [0.717, 1.165) is 0 Å². The van der Waals surface area contributed by atoms with E-state index < -0.39 is 5.91 Å². The number of ether oxygens (including phenoxy) is 2. The number of primary amides is 1. The minimum Gasteiger partial charge on any atom is -0.497 e. The van der Waals surface area contributed by atoms with Crippen LogP contribution >= 0.6 is 0 Å². The standard InChI is InChI=1S/C11H12N4O3/c1-17-7-3-6(4-8(5-7)18-2)9-10(11(12)16)14-15-13-9/h3-5H,1-2H3,(H2,12,16)(H,13,14,15). The molecule has 2 rings (SSSR count). The number of nitrogens with one attached hydrogen (secondary N) is 1. The Morgan fingerprint density at radius 2 is 1.78 bits per heavy atom. The fraction of sp³-hybridized carbons (Fsp3) is 0.182. The van der Waals surface area contributed by atoms with Crippen LogP contribution in [0.25, 0.3) is 11.3 Å². The van der Waals surface area contributed by atoms with Crippen LogP contribution in [-0.2, 0) is 0 Å². The molecule has 0 saturated heterocycles. The number of aromatic amines is 1. The second kappa shape index (κ2) is 4.74. The van der Waals surface area contributed by atoms with Crippen molar-refractivity contribution in [2.45, 2.75) is 0 Å². The zero-order valence-electron chi connectivity index (χ0n) is 9.93. The van der Waals surface area contributed by atoms with E-state index in [4.69, 9.17) is 15.2 Å². The number of rotatable bonds is 4. The van der Waals surface area contributed by atoms with Crippen molar-refractivity contribution >= 4 is 5.91 Å². The molecular weight excluding hydrogens is 236 g/mol. The highest BCUT2D eigenvalue weighted by Gasteiger charge is 2.16. The molecule has 0 bridgehead atoms. The van der Waals surface area contributed by atoms with Gasteiger partial charge in [0.1, 0.15) is 17.2 Å². The number of benzene rings is 1. The summed E-state index contributed by atoms with van der Waals surface area (Å²) in [6.07, 6.45) is 0. The van der Waals surface area contributed by atoms with Gasteiger partial charge in [0, 0.05) is 11.6 Å². The van der Waals surface area contributed by atoms with Gasteiger partial charge in [0.25, 0.3) is 5.91 Å². The summed E-state index contributed by atoms with van der Waals surface area (Å²) in [7, 11) is 3.08. The molecule has 94 valence electrons. The molecule has 2 aromatic rings. The Hall–Kier alpha value is -2.57. The Kier molecular flexibility index (Phi) is 3.13. The summed E-state index contributed by atoms with van der Waals surface area (Å²) in [4.78, 5) is 11.2. The Bertz CT molecular complexity index is 557. The van der Waals surface area contributed by atoms with E-state index in [1.54, 1.807) is 18.2 Å². The van der Waals surface area contributed by atoms with Gasteiger partial charge < -0.3 is 15.2 Å². The van der Waals surface area contributed by atoms with Crippen LogP contribution in [0.2, 0.25) is 0 Å². The second-order valence-corrected chi connectivity index (χ2v) is 3.49. The van der Waals surface area contributed by atoms with Gasteiger partial charge in [0.05, 0.1) is 14.2 Å².